The number of halogens is 1. The third-order valence-corrected chi connectivity index (χ3v) is 4.16. The van der Waals surface area contributed by atoms with Crippen molar-refractivity contribution in [2.75, 3.05) is 16.8 Å². The van der Waals surface area contributed by atoms with Crippen molar-refractivity contribution in [2.45, 2.75) is 26.2 Å². The normalized spacial score (nSPS) is 13.6. The Bertz CT molecular complexity index is 771. The second-order valence-electron chi connectivity index (χ2n) is 5.83. The van der Waals surface area contributed by atoms with Crippen molar-refractivity contribution in [1.29, 1.82) is 0 Å². The molecule has 0 saturated carbocycles. The number of benzene rings is 2. The lowest BCUT2D eigenvalue weighted by molar-refractivity contribution is -0.119. The fourth-order valence-corrected chi connectivity index (χ4v) is 2.98. The molecule has 2 amide bonds. The summed E-state index contributed by atoms with van der Waals surface area (Å²) >= 11 is 0. The first-order valence-electron chi connectivity index (χ1n) is 8.04. The van der Waals surface area contributed by atoms with Crippen LogP contribution in [0.25, 0.3) is 0 Å². The van der Waals surface area contributed by atoms with E-state index in [1.807, 2.05) is 25.1 Å². The van der Waals surface area contributed by atoms with E-state index in [1.54, 1.807) is 17.0 Å². The number of hydrogen-bond acceptors (Lipinski definition) is 2. The lowest BCUT2D eigenvalue weighted by atomic mass is 10.0. The van der Waals surface area contributed by atoms with E-state index in [9.17, 15) is 14.0 Å². The molecule has 3 rings (SSSR count). The molecule has 124 valence electrons. The van der Waals surface area contributed by atoms with Gasteiger partial charge in [0.2, 0.25) is 11.8 Å². The number of aryl methyl sites for hydroxylation is 1. The molecule has 1 heterocycles. The fraction of sp³-hybridized carbons (Fsp3) is 0.263. The standard InChI is InChI=1S/C19H19FN2O2/c1-2-22-17-9-8-16(12-14(17)5-10-19(22)24)21-18(23)11-13-3-6-15(20)7-4-13/h3-4,6-9,12H,2,5,10-11H2,1H3,(H,21,23). The van der Waals surface area contributed by atoms with Crippen molar-refractivity contribution < 1.29 is 14.0 Å². The summed E-state index contributed by atoms with van der Waals surface area (Å²) < 4.78 is 12.9. The monoisotopic (exact) mass is 326 g/mol. The van der Waals surface area contributed by atoms with E-state index in [0.717, 1.165) is 16.8 Å². The zero-order valence-electron chi connectivity index (χ0n) is 13.5. The van der Waals surface area contributed by atoms with Gasteiger partial charge in [0.25, 0.3) is 0 Å². The molecule has 0 atom stereocenters. The zero-order chi connectivity index (χ0) is 17.1. The van der Waals surface area contributed by atoms with Gasteiger partial charge in [0.15, 0.2) is 0 Å². The van der Waals surface area contributed by atoms with Gasteiger partial charge in [0.05, 0.1) is 6.42 Å². The number of rotatable bonds is 4. The van der Waals surface area contributed by atoms with Gasteiger partial charge in [-0.1, -0.05) is 12.1 Å². The van der Waals surface area contributed by atoms with Crippen LogP contribution in [0.4, 0.5) is 15.8 Å². The molecule has 4 nitrogen and oxygen atoms in total. The largest absolute Gasteiger partial charge is 0.326 e. The summed E-state index contributed by atoms with van der Waals surface area (Å²) in [6, 6.07) is 11.5. The van der Waals surface area contributed by atoms with Gasteiger partial charge < -0.3 is 10.2 Å². The molecule has 2 aromatic rings. The lowest BCUT2D eigenvalue weighted by Crippen LogP contribution is -2.34. The molecule has 0 radical (unpaired) electrons. The predicted octanol–water partition coefficient (Wildman–Crippen LogP) is 3.31. The number of hydrogen-bond donors (Lipinski definition) is 1. The Morgan fingerprint density at radius 2 is 1.92 bits per heavy atom. The number of nitrogens with one attached hydrogen (secondary N) is 1. The Morgan fingerprint density at radius 3 is 2.62 bits per heavy atom. The number of amides is 2. The smallest absolute Gasteiger partial charge is 0.228 e. The minimum absolute atomic E-state index is 0.137. The Kier molecular flexibility index (Phi) is 4.60. The van der Waals surface area contributed by atoms with Gasteiger partial charge in [0, 0.05) is 24.3 Å². The first-order chi connectivity index (χ1) is 11.6. The van der Waals surface area contributed by atoms with E-state index in [4.69, 9.17) is 0 Å². The highest BCUT2D eigenvalue weighted by Gasteiger charge is 2.22. The van der Waals surface area contributed by atoms with Crippen LogP contribution in [0.15, 0.2) is 42.5 Å². The van der Waals surface area contributed by atoms with Crippen LogP contribution in [0, 0.1) is 5.82 Å². The van der Waals surface area contributed by atoms with Gasteiger partial charge in [-0.25, -0.2) is 4.39 Å². The van der Waals surface area contributed by atoms with Crippen LogP contribution >= 0.6 is 0 Å². The average Bonchev–Trinajstić information content (AvgIpc) is 2.57. The van der Waals surface area contributed by atoms with E-state index in [2.05, 4.69) is 5.32 Å². The third kappa shape index (κ3) is 3.45. The molecular weight excluding hydrogens is 307 g/mol. The highest BCUT2D eigenvalue weighted by molar-refractivity contribution is 5.97. The Balaban J connectivity index is 1.71. The zero-order valence-corrected chi connectivity index (χ0v) is 13.5. The molecule has 24 heavy (non-hydrogen) atoms. The molecule has 0 aliphatic carbocycles. The van der Waals surface area contributed by atoms with E-state index < -0.39 is 0 Å². The first-order valence-corrected chi connectivity index (χ1v) is 8.04. The van der Waals surface area contributed by atoms with Gasteiger partial charge in [-0.15, -0.1) is 0 Å². The number of anilines is 2. The maximum atomic E-state index is 12.9. The molecule has 2 aromatic carbocycles. The summed E-state index contributed by atoms with van der Waals surface area (Å²) in [5, 5.41) is 2.86. The van der Waals surface area contributed by atoms with Crippen molar-refractivity contribution in [3.8, 4) is 0 Å². The van der Waals surface area contributed by atoms with Crippen molar-refractivity contribution in [1.82, 2.24) is 0 Å². The number of carbonyl (C=O) groups excluding carboxylic acids is 2. The first kappa shape index (κ1) is 16.2. The predicted molar refractivity (Wildman–Crippen MR) is 91.5 cm³/mol. The maximum absolute atomic E-state index is 12.9. The van der Waals surface area contributed by atoms with Gasteiger partial charge in [-0.3, -0.25) is 9.59 Å². The molecule has 1 aliphatic heterocycles. The molecule has 1 N–H and O–H groups in total. The quantitative estimate of drug-likeness (QED) is 0.937. The molecular formula is C19H19FN2O2. The molecule has 0 saturated heterocycles. The van der Waals surface area contributed by atoms with Crippen molar-refractivity contribution in [3.63, 3.8) is 0 Å². The molecule has 0 spiro atoms. The van der Waals surface area contributed by atoms with E-state index in [0.29, 0.717) is 25.1 Å². The molecule has 0 unspecified atom stereocenters. The van der Waals surface area contributed by atoms with Crippen LogP contribution < -0.4 is 10.2 Å². The highest BCUT2D eigenvalue weighted by atomic mass is 19.1. The summed E-state index contributed by atoms with van der Waals surface area (Å²) in [6.07, 6.45) is 1.37. The fourth-order valence-electron chi connectivity index (χ4n) is 2.98. The lowest BCUT2D eigenvalue weighted by Gasteiger charge is -2.28. The van der Waals surface area contributed by atoms with Gasteiger partial charge in [0.1, 0.15) is 5.82 Å². The van der Waals surface area contributed by atoms with Gasteiger partial charge in [-0.05, 0) is 54.8 Å². The van der Waals surface area contributed by atoms with Crippen LogP contribution in [0.2, 0.25) is 0 Å². The van der Waals surface area contributed by atoms with Crippen LogP contribution in [0.3, 0.4) is 0 Å². The van der Waals surface area contributed by atoms with Crippen LogP contribution in [0.1, 0.15) is 24.5 Å². The molecule has 0 bridgehead atoms. The summed E-state index contributed by atoms with van der Waals surface area (Å²) in [4.78, 5) is 25.8. The molecule has 5 heteroatoms. The number of fused-ring (bicyclic) bond motifs is 1. The molecule has 1 aliphatic rings. The van der Waals surface area contributed by atoms with E-state index in [-0.39, 0.29) is 24.1 Å². The Hall–Kier alpha value is -2.69. The number of nitrogens with zero attached hydrogens (tertiary/aromatic N) is 1. The minimum Gasteiger partial charge on any atom is -0.326 e. The third-order valence-electron chi connectivity index (χ3n) is 4.16. The molecule has 0 aromatic heterocycles. The highest BCUT2D eigenvalue weighted by Crippen LogP contribution is 2.30. The average molecular weight is 326 g/mol. The Labute approximate surface area is 140 Å². The second-order valence-corrected chi connectivity index (χ2v) is 5.83. The summed E-state index contributed by atoms with van der Waals surface area (Å²) in [7, 11) is 0. The number of carbonyl (C=O) groups is 2. The van der Waals surface area contributed by atoms with E-state index in [1.165, 1.54) is 12.1 Å². The Morgan fingerprint density at radius 1 is 1.17 bits per heavy atom. The van der Waals surface area contributed by atoms with Gasteiger partial charge >= 0.3 is 0 Å². The SMILES string of the molecule is CCN1C(=O)CCc2cc(NC(=O)Cc3ccc(F)cc3)ccc21. The second kappa shape index (κ2) is 6.83. The topological polar surface area (TPSA) is 49.4 Å². The van der Waals surface area contributed by atoms with Crippen molar-refractivity contribution >= 4 is 23.2 Å². The maximum Gasteiger partial charge on any atom is 0.228 e. The summed E-state index contributed by atoms with van der Waals surface area (Å²) in [5.74, 6) is -0.331. The summed E-state index contributed by atoms with van der Waals surface area (Å²) in [6.45, 7) is 2.59. The van der Waals surface area contributed by atoms with Crippen LogP contribution in [-0.4, -0.2) is 18.4 Å². The minimum atomic E-state index is -0.316. The van der Waals surface area contributed by atoms with Crippen LogP contribution in [-0.2, 0) is 22.4 Å². The molecule has 0 fully saturated rings. The van der Waals surface area contributed by atoms with Crippen molar-refractivity contribution in [3.05, 3.63) is 59.4 Å². The van der Waals surface area contributed by atoms with E-state index >= 15 is 0 Å². The summed E-state index contributed by atoms with van der Waals surface area (Å²) in [5.41, 5.74) is 3.46. The van der Waals surface area contributed by atoms with Gasteiger partial charge in [-0.2, -0.15) is 0 Å². The van der Waals surface area contributed by atoms with Crippen LogP contribution in [0.5, 0.6) is 0 Å². The van der Waals surface area contributed by atoms with Crippen molar-refractivity contribution in [2.24, 2.45) is 0 Å².